The lowest BCUT2D eigenvalue weighted by Crippen LogP contribution is -2.19. The second kappa shape index (κ2) is 5.98. The van der Waals surface area contributed by atoms with Crippen molar-refractivity contribution in [3.8, 4) is 5.69 Å². The first-order valence-electron chi connectivity index (χ1n) is 9.39. The van der Waals surface area contributed by atoms with Gasteiger partial charge in [0.2, 0.25) is 0 Å². The Morgan fingerprint density at radius 3 is 2.48 bits per heavy atom. The fraction of sp³-hybridized carbons (Fsp3) is 0.273. The largest absolute Gasteiger partial charge is 0.328 e. The van der Waals surface area contributed by atoms with E-state index in [4.69, 9.17) is 4.98 Å². The van der Waals surface area contributed by atoms with Crippen LogP contribution in [0.4, 0.5) is 0 Å². The lowest BCUT2D eigenvalue weighted by atomic mass is 10.1. The molecule has 2 heterocycles. The number of fused-ring (bicyclic) bond motifs is 1. The molecule has 136 valence electrons. The molecule has 2 aromatic heterocycles. The molecule has 0 amide bonds. The molecule has 0 unspecified atom stereocenters. The zero-order valence-corrected chi connectivity index (χ0v) is 15.6. The first kappa shape index (κ1) is 16.1. The summed E-state index contributed by atoms with van der Waals surface area (Å²) >= 11 is 0. The summed E-state index contributed by atoms with van der Waals surface area (Å²) in [6.07, 6.45) is 5.20. The van der Waals surface area contributed by atoms with E-state index >= 15 is 0 Å². The Balaban J connectivity index is 1.56. The number of aryl methyl sites for hydroxylation is 2. The van der Waals surface area contributed by atoms with Crippen LogP contribution in [0.15, 0.2) is 59.7 Å². The Morgan fingerprint density at radius 1 is 1.00 bits per heavy atom. The molecule has 0 radical (unpaired) electrons. The Labute approximate surface area is 157 Å². The van der Waals surface area contributed by atoms with Gasteiger partial charge in [0.15, 0.2) is 0 Å². The van der Waals surface area contributed by atoms with Crippen LogP contribution in [0, 0.1) is 0 Å². The Morgan fingerprint density at radius 2 is 1.74 bits per heavy atom. The highest BCUT2D eigenvalue weighted by Gasteiger charge is 2.30. The van der Waals surface area contributed by atoms with Gasteiger partial charge in [-0.1, -0.05) is 24.3 Å². The molecule has 1 aliphatic carbocycles. The van der Waals surface area contributed by atoms with Crippen molar-refractivity contribution in [1.82, 2.24) is 18.7 Å². The zero-order chi connectivity index (χ0) is 18.5. The summed E-state index contributed by atoms with van der Waals surface area (Å²) in [5, 5.41) is 0. The monoisotopic (exact) mass is 358 g/mol. The van der Waals surface area contributed by atoms with E-state index in [9.17, 15) is 4.79 Å². The van der Waals surface area contributed by atoms with Gasteiger partial charge in [-0.15, -0.1) is 0 Å². The van der Waals surface area contributed by atoms with Crippen molar-refractivity contribution in [3.05, 3.63) is 82.3 Å². The molecule has 0 N–H and O–H groups in total. The number of aromatic nitrogens is 4. The van der Waals surface area contributed by atoms with Gasteiger partial charge in [-0.2, -0.15) is 0 Å². The minimum atomic E-state index is 0.00850. The maximum Gasteiger partial charge on any atom is 0.328 e. The Kier molecular flexibility index (Phi) is 3.57. The maximum atomic E-state index is 12.2. The van der Waals surface area contributed by atoms with Crippen LogP contribution in [0.25, 0.3) is 16.7 Å². The van der Waals surface area contributed by atoms with E-state index in [1.807, 2.05) is 32.6 Å². The summed E-state index contributed by atoms with van der Waals surface area (Å²) in [4.78, 5) is 16.9. The van der Waals surface area contributed by atoms with E-state index in [-0.39, 0.29) is 5.69 Å². The molecule has 1 fully saturated rings. The third-order valence-corrected chi connectivity index (χ3v) is 5.59. The second-order valence-electron chi connectivity index (χ2n) is 7.46. The smallest absolute Gasteiger partial charge is 0.303 e. The van der Waals surface area contributed by atoms with Crippen LogP contribution in [-0.4, -0.2) is 18.7 Å². The summed E-state index contributed by atoms with van der Waals surface area (Å²) < 4.78 is 5.64. The summed E-state index contributed by atoms with van der Waals surface area (Å²) in [6, 6.07) is 16.7. The van der Waals surface area contributed by atoms with Crippen LogP contribution in [-0.2, 0) is 20.5 Å². The zero-order valence-electron chi connectivity index (χ0n) is 15.6. The third-order valence-electron chi connectivity index (χ3n) is 5.59. The van der Waals surface area contributed by atoms with E-state index in [1.165, 1.54) is 29.8 Å². The number of para-hydroxylation sites is 1. The molecule has 0 spiro atoms. The minimum Gasteiger partial charge on any atom is -0.303 e. The van der Waals surface area contributed by atoms with Gasteiger partial charge in [0, 0.05) is 37.8 Å². The quantitative estimate of drug-likeness (QED) is 0.560. The van der Waals surface area contributed by atoms with Crippen molar-refractivity contribution in [3.63, 3.8) is 0 Å². The molecule has 1 aliphatic rings. The van der Waals surface area contributed by atoms with E-state index < -0.39 is 0 Å². The van der Waals surface area contributed by atoms with Crippen molar-refractivity contribution in [2.45, 2.75) is 25.2 Å². The number of hydrogen-bond donors (Lipinski definition) is 0. The highest BCUT2D eigenvalue weighted by Crippen LogP contribution is 2.42. The molecule has 0 saturated heterocycles. The fourth-order valence-electron chi connectivity index (χ4n) is 3.97. The molecule has 4 aromatic rings. The average molecular weight is 358 g/mol. The van der Waals surface area contributed by atoms with Crippen LogP contribution in [0.1, 0.15) is 35.7 Å². The molecule has 1 saturated carbocycles. The van der Waals surface area contributed by atoms with Gasteiger partial charge in [-0.25, -0.2) is 9.78 Å². The van der Waals surface area contributed by atoms with E-state index in [0.717, 1.165) is 23.1 Å². The van der Waals surface area contributed by atoms with E-state index in [1.54, 1.807) is 9.13 Å². The van der Waals surface area contributed by atoms with E-state index in [2.05, 4.69) is 41.0 Å². The van der Waals surface area contributed by atoms with Gasteiger partial charge in [0.05, 0.1) is 23.1 Å². The SMILES string of the molecule is Cn1c(=O)n(C)c2cc(Cc3ncn(-c4ccccc4)c3C3CC3)ccc21. The second-order valence-corrected chi connectivity index (χ2v) is 7.46. The van der Waals surface area contributed by atoms with Crippen molar-refractivity contribution in [2.75, 3.05) is 0 Å². The molecule has 27 heavy (non-hydrogen) atoms. The molecule has 0 bridgehead atoms. The van der Waals surface area contributed by atoms with Gasteiger partial charge in [-0.3, -0.25) is 9.13 Å². The maximum absolute atomic E-state index is 12.2. The van der Waals surface area contributed by atoms with Crippen molar-refractivity contribution >= 4 is 11.0 Å². The Bertz CT molecular complexity index is 1190. The molecular formula is C22H22N4O. The van der Waals surface area contributed by atoms with Crippen LogP contribution in [0.5, 0.6) is 0 Å². The van der Waals surface area contributed by atoms with Crippen LogP contribution in [0.2, 0.25) is 0 Å². The number of benzene rings is 2. The van der Waals surface area contributed by atoms with Crippen molar-refractivity contribution < 1.29 is 0 Å². The van der Waals surface area contributed by atoms with Gasteiger partial charge < -0.3 is 4.57 Å². The van der Waals surface area contributed by atoms with Crippen molar-refractivity contribution in [1.29, 1.82) is 0 Å². The molecule has 5 heteroatoms. The van der Waals surface area contributed by atoms with Gasteiger partial charge >= 0.3 is 5.69 Å². The van der Waals surface area contributed by atoms with E-state index in [0.29, 0.717) is 5.92 Å². The minimum absolute atomic E-state index is 0.00850. The first-order valence-corrected chi connectivity index (χ1v) is 9.39. The van der Waals surface area contributed by atoms with Gasteiger partial charge in [0.1, 0.15) is 0 Å². The molecule has 0 aliphatic heterocycles. The van der Waals surface area contributed by atoms with Crippen LogP contribution in [0.3, 0.4) is 0 Å². The van der Waals surface area contributed by atoms with Crippen molar-refractivity contribution in [2.24, 2.45) is 14.1 Å². The molecule has 0 atom stereocenters. The molecular weight excluding hydrogens is 336 g/mol. The first-order chi connectivity index (χ1) is 13.1. The molecule has 5 rings (SSSR count). The van der Waals surface area contributed by atoms with Gasteiger partial charge in [0.25, 0.3) is 0 Å². The number of rotatable bonds is 4. The number of hydrogen-bond acceptors (Lipinski definition) is 2. The highest BCUT2D eigenvalue weighted by molar-refractivity contribution is 5.77. The molecule has 5 nitrogen and oxygen atoms in total. The van der Waals surface area contributed by atoms with Crippen LogP contribution >= 0.6 is 0 Å². The fourth-order valence-corrected chi connectivity index (χ4v) is 3.97. The van der Waals surface area contributed by atoms with Gasteiger partial charge in [-0.05, 0) is 42.7 Å². The lowest BCUT2D eigenvalue weighted by Gasteiger charge is -2.09. The summed E-state index contributed by atoms with van der Waals surface area (Å²) in [5.41, 5.74) is 6.76. The average Bonchev–Trinajstić information content (AvgIpc) is 3.42. The van der Waals surface area contributed by atoms with Crippen LogP contribution < -0.4 is 5.69 Å². The predicted molar refractivity (Wildman–Crippen MR) is 107 cm³/mol. The summed E-state index contributed by atoms with van der Waals surface area (Å²) in [5.74, 6) is 0.604. The lowest BCUT2D eigenvalue weighted by molar-refractivity contribution is 0.795. The summed E-state index contributed by atoms with van der Waals surface area (Å²) in [6.45, 7) is 0. The summed E-state index contributed by atoms with van der Waals surface area (Å²) in [7, 11) is 3.64. The number of nitrogens with zero attached hydrogens (tertiary/aromatic N) is 4. The topological polar surface area (TPSA) is 44.8 Å². The standard InChI is InChI=1S/C22H22N4O/c1-24-19-11-8-15(13-20(19)25(2)22(24)27)12-18-21(16-9-10-16)26(14-23-18)17-6-4-3-5-7-17/h3-8,11,13-14,16H,9-10,12H2,1-2H3. The third kappa shape index (κ3) is 2.62. The Hall–Kier alpha value is -3.08. The number of imidazole rings is 2. The highest BCUT2D eigenvalue weighted by atomic mass is 16.1. The predicted octanol–water partition coefficient (Wildman–Crippen LogP) is 3.53. The normalized spacial score (nSPS) is 14.1. The molecule has 2 aromatic carbocycles.